The number of likely N-dealkylation sites (N-methyl/N-ethyl adjacent to an activating group) is 1. The first-order chi connectivity index (χ1) is 12.5. The number of ketones is 1. The van der Waals surface area contributed by atoms with Gasteiger partial charge in [-0.3, -0.25) is 9.69 Å². The fourth-order valence-corrected chi connectivity index (χ4v) is 5.31. The van der Waals surface area contributed by atoms with Gasteiger partial charge in [-0.2, -0.15) is 0 Å². The van der Waals surface area contributed by atoms with Crippen LogP contribution in [0.15, 0.2) is 12.1 Å². The van der Waals surface area contributed by atoms with Crippen LogP contribution in [0.1, 0.15) is 56.6 Å². The zero-order valence-electron chi connectivity index (χ0n) is 16.2. The lowest BCUT2D eigenvalue weighted by atomic mass is 9.62. The molecule has 4 rings (SSSR count). The van der Waals surface area contributed by atoms with E-state index in [0.29, 0.717) is 29.9 Å². The molecule has 1 N–H and O–H groups in total. The lowest BCUT2D eigenvalue weighted by Gasteiger charge is -2.48. The van der Waals surface area contributed by atoms with Gasteiger partial charge in [-0.1, -0.05) is 19.9 Å². The largest absolute Gasteiger partial charge is 0.504 e. The number of fused-ring (bicyclic) bond motifs is 3. The lowest BCUT2D eigenvalue weighted by molar-refractivity contribution is -0.126. The van der Waals surface area contributed by atoms with E-state index in [2.05, 4.69) is 24.8 Å². The van der Waals surface area contributed by atoms with Gasteiger partial charge in [-0.05, 0) is 61.6 Å². The second-order valence-corrected chi connectivity index (χ2v) is 8.57. The van der Waals surface area contributed by atoms with Crippen LogP contribution in [0.25, 0.3) is 0 Å². The van der Waals surface area contributed by atoms with E-state index in [1.54, 1.807) is 7.11 Å². The smallest absolute Gasteiger partial charge is 0.161 e. The molecule has 1 aromatic carbocycles. The number of rotatable bonds is 5. The maximum absolute atomic E-state index is 12.5. The first-order valence-corrected chi connectivity index (χ1v) is 10.2. The summed E-state index contributed by atoms with van der Waals surface area (Å²) in [4.78, 5) is 15.2. The normalized spacial score (nSPS) is 30.8. The van der Waals surface area contributed by atoms with E-state index < -0.39 is 0 Å². The third-order valence-electron chi connectivity index (χ3n) is 6.96. The molecule has 142 valence electrons. The van der Waals surface area contributed by atoms with Gasteiger partial charge in [-0.15, -0.1) is 0 Å². The molecule has 2 unspecified atom stereocenters. The van der Waals surface area contributed by atoms with Gasteiger partial charge >= 0.3 is 0 Å². The Morgan fingerprint density at radius 3 is 2.69 bits per heavy atom. The second-order valence-electron chi connectivity index (χ2n) is 8.57. The number of phenolic OH excluding ortho intramolecular Hbond substituents is 1. The second kappa shape index (κ2) is 6.88. The molecule has 2 saturated carbocycles. The number of benzene rings is 1. The van der Waals surface area contributed by atoms with E-state index in [1.807, 2.05) is 6.07 Å². The summed E-state index contributed by atoms with van der Waals surface area (Å²) in [5.74, 6) is 2.67. The number of phenols is 1. The molecule has 0 saturated heterocycles. The molecule has 26 heavy (non-hydrogen) atoms. The third kappa shape index (κ3) is 3.02. The Hall–Kier alpha value is -1.55. The highest BCUT2D eigenvalue weighted by Gasteiger charge is 2.46. The molecule has 0 heterocycles. The zero-order valence-corrected chi connectivity index (χ0v) is 16.2. The maximum atomic E-state index is 12.5. The number of hydrogen-bond donors (Lipinski definition) is 1. The maximum Gasteiger partial charge on any atom is 0.161 e. The summed E-state index contributed by atoms with van der Waals surface area (Å²) in [6, 6.07) is 4.45. The number of hydrogen-bond acceptors (Lipinski definition) is 4. The summed E-state index contributed by atoms with van der Waals surface area (Å²) in [5, 5.41) is 10.8. The van der Waals surface area contributed by atoms with E-state index in [1.165, 1.54) is 24.9 Å². The molecule has 0 aromatic heterocycles. The van der Waals surface area contributed by atoms with E-state index in [0.717, 1.165) is 30.9 Å². The first-order valence-electron chi connectivity index (χ1n) is 10.2. The Morgan fingerprint density at radius 1 is 1.27 bits per heavy atom. The van der Waals surface area contributed by atoms with Crippen LogP contribution in [0.3, 0.4) is 0 Å². The number of methoxy groups -OCH3 is 1. The average Bonchev–Trinajstić information content (AvgIpc) is 3.45. The van der Waals surface area contributed by atoms with Gasteiger partial charge in [0.25, 0.3) is 0 Å². The molecule has 0 spiro atoms. The van der Waals surface area contributed by atoms with Gasteiger partial charge < -0.3 is 9.84 Å². The van der Waals surface area contributed by atoms with Gasteiger partial charge in [0.1, 0.15) is 5.78 Å². The van der Waals surface area contributed by atoms with Crippen molar-refractivity contribution >= 4 is 5.78 Å². The molecule has 0 amide bonds. The fraction of sp³-hybridized carbons (Fsp3) is 0.682. The molecular weight excluding hydrogens is 326 g/mol. The van der Waals surface area contributed by atoms with Crippen LogP contribution < -0.4 is 4.74 Å². The number of aromatic hydroxyl groups is 1. The highest BCUT2D eigenvalue weighted by Crippen LogP contribution is 2.52. The molecule has 4 atom stereocenters. The number of nitrogens with zero attached hydrogens (tertiary/aromatic N) is 1. The van der Waals surface area contributed by atoms with Crippen molar-refractivity contribution in [2.24, 2.45) is 17.8 Å². The van der Waals surface area contributed by atoms with Crippen LogP contribution in [-0.4, -0.2) is 42.0 Å². The Bertz CT molecular complexity index is 697. The predicted octanol–water partition coefficient (Wildman–Crippen LogP) is 3.76. The van der Waals surface area contributed by atoms with Crippen molar-refractivity contribution < 1.29 is 14.6 Å². The van der Waals surface area contributed by atoms with Crippen molar-refractivity contribution in [3.8, 4) is 11.5 Å². The average molecular weight is 357 g/mol. The van der Waals surface area contributed by atoms with E-state index in [4.69, 9.17) is 4.74 Å². The van der Waals surface area contributed by atoms with E-state index >= 15 is 0 Å². The summed E-state index contributed by atoms with van der Waals surface area (Å²) in [6.45, 7) is 6.58. The summed E-state index contributed by atoms with van der Waals surface area (Å²) < 4.78 is 5.35. The number of carbonyl (C=O) groups excluding carboxylic acids is 1. The SMILES string of the molecule is CCN(CC1CC1)[C@H]1Cc2ccc(OC)c(O)c2C2CC(=O)C(C)C[C@@H]21. The van der Waals surface area contributed by atoms with Crippen LogP contribution in [0, 0.1) is 17.8 Å². The van der Waals surface area contributed by atoms with E-state index in [-0.39, 0.29) is 17.6 Å². The topological polar surface area (TPSA) is 49.8 Å². The highest BCUT2D eigenvalue weighted by molar-refractivity contribution is 5.83. The number of Topliss-reactive ketones (excluding diaryl/α,β-unsaturated/α-hetero) is 1. The Labute approximate surface area is 156 Å². The van der Waals surface area contributed by atoms with Crippen LogP contribution in [-0.2, 0) is 11.2 Å². The van der Waals surface area contributed by atoms with Crippen LogP contribution in [0.2, 0.25) is 0 Å². The Morgan fingerprint density at radius 2 is 2.04 bits per heavy atom. The Kier molecular flexibility index (Phi) is 4.72. The molecule has 0 bridgehead atoms. The summed E-state index contributed by atoms with van der Waals surface area (Å²) in [5.41, 5.74) is 2.18. The lowest BCUT2D eigenvalue weighted by Crippen LogP contribution is -2.50. The van der Waals surface area contributed by atoms with Crippen LogP contribution >= 0.6 is 0 Å². The minimum atomic E-state index is 0.121. The molecule has 0 aliphatic heterocycles. The van der Waals surface area contributed by atoms with Crippen molar-refractivity contribution in [1.82, 2.24) is 4.90 Å². The summed E-state index contributed by atoms with van der Waals surface area (Å²) >= 11 is 0. The van der Waals surface area contributed by atoms with Crippen molar-refractivity contribution in [2.45, 2.75) is 57.9 Å². The molecule has 3 aliphatic rings. The molecule has 3 aliphatic carbocycles. The summed E-state index contributed by atoms with van der Waals surface area (Å²) in [6.07, 6.45) is 5.18. The van der Waals surface area contributed by atoms with Crippen molar-refractivity contribution in [3.63, 3.8) is 0 Å². The van der Waals surface area contributed by atoms with Gasteiger partial charge in [0, 0.05) is 30.5 Å². The quantitative estimate of drug-likeness (QED) is 0.872. The predicted molar refractivity (Wildman–Crippen MR) is 102 cm³/mol. The molecule has 4 nitrogen and oxygen atoms in total. The molecule has 4 heteroatoms. The first kappa shape index (κ1) is 17.8. The third-order valence-corrected chi connectivity index (χ3v) is 6.96. The zero-order chi connectivity index (χ0) is 18.4. The van der Waals surface area contributed by atoms with Gasteiger partial charge in [-0.25, -0.2) is 0 Å². The highest BCUT2D eigenvalue weighted by atomic mass is 16.5. The minimum absolute atomic E-state index is 0.121. The molecule has 1 aromatic rings. The van der Waals surface area contributed by atoms with Crippen LogP contribution in [0.5, 0.6) is 11.5 Å². The van der Waals surface area contributed by atoms with Crippen molar-refractivity contribution in [1.29, 1.82) is 0 Å². The van der Waals surface area contributed by atoms with Crippen molar-refractivity contribution in [3.05, 3.63) is 23.3 Å². The van der Waals surface area contributed by atoms with Gasteiger partial charge in [0.2, 0.25) is 0 Å². The minimum Gasteiger partial charge on any atom is -0.504 e. The molecule has 2 fully saturated rings. The van der Waals surface area contributed by atoms with E-state index in [9.17, 15) is 9.90 Å². The van der Waals surface area contributed by atoms with Crippen molar-refractivity contribution in [2.75, 3.05) is 20.2 Å². The number of carbonyl (C=O) groups is 1. The Balaban J connectivity index is 1.74. The molecular formula is C22H31NO3. The monoisotopic (exact) mass is 357 g/mol. The molecule has 0 radical (unpaired) electrons. The summed E-state index contributed by atoms with van der Waals surface area (Å²) in [7, 11) is 1.59. The van der Waals surface area contributed by atoms with Crippen LogP contribution in [0.4, 0.5) is 0 Å². The van der Waals surface area contributed by atoms with Gasteiger partial charge in [0.15, 0.2) is 11.5 Å². The standard InChI is InChI=1S/C22H31NO3/c1-4-23(12-14-5-6-14)18-10-15-7-8-20(26-3)22(25)21(15)17-11-19(24)13(2)9-16(17)18/h7-8,13-14,16-18,25H,4-6,9-12H2,1-3H3/t13?,16-,17?,18-/m0/s1. The number of ether oxygens (including phenoxy) is 1. The fourth-order valence-electron chi connectivity index (χ4n) is 5.31. The van der Waals surface area contributed by atoms with Gasteiger partial charge in [0.05, 0.1) is 7.11 Å².